The average Bonchev–Trinajstić information content (AvgIpc) is 2.99. The van der Waals surface area contributed by atoms with E-state index in [1.807, 2.05) is 48.7 Å². The summed E-state index contributed by atoms with van der Waals surface area (Å²) in [7, 11) is 4.10. The van der Waals surface area contributed by atoms with Crippen LogP contribution >= 0.6 is 15.9 Å². The maximum atomic E-state index is 12.9. The van der Waals surface area contributed by atoms with Crippen LogP contribution in [0.3, 0.4) is 0 Å². The maximum absolute atomic E-state index is 12.9. The fraction of sp³-hybridized carbons (Fsp3) is 0.171. The molecule has 0 radical (unpaired) electrons. The van der Waals surface area contributed by atoms with E-state index in [4.69, 9.17) is 15.2 Å². The van der Waals surface area contributed by atoms with Gasteiger partial charge in [-0.15, -0.1) is 0 Å². The number of aliphatic carboxylic acids is 2. The number of fused-ring (bicyclic) bond motifs is 2. The van der Waals surface area contributed by atoms with Gasteiger partial charge >= 0.3 is 11.9 Å². The number of nitrogens with zero attached hydrogens (tertiary/aromatic N) is 2. The molecule has 43 heavy (non-hydrogen) atoms. The van der Waals surface area contributed by atoms with Gasteiger partial charge in [0.05, 0.1) is 5.52 Å². The second kappa shape index (κ2) is 14.2. The molecule has 0 fully saturated rings. The quantitative estimate of drug-likeness (QED) is 0.151. The van der Waals surface area contributed by atoms with E-state index in [1.165, 1.54) is 0 Å². The summed E-state index contributed by atoms with van der Waals surface area (Å²) in [6.45, 7) is 0.746. The van der Waals surface area contributed by atoms with Gasteiger partial charge in [-0.25, -0.2) is 9.59 Å². The van der Waals surface area contributed by atoms with Crippen LogP contribution in [0.25, 0.3) is 21.7 Å². The van der Waals surface area contributed by atoms with E-state index in [0.29, 0.717) is 18.6 Å². The zero-order valence-electron chi connectivity index (χ0n) is 23.9. The van der Waals surface area contributed by atoms with E-state index >= 15 is 0 Å². The number of aromatic nitrogens is 1. The first-order chi connectivity index (χ1) is 20.6. The number of pyridine rings is 1. The molecule has 0 bridgehead atoms. The van der Waals surface area contributed by atoms with Crippen LogP contribution in [0.2, 0.25) is 0 Å². The lowest BCUT2D eigenvalue weighted by Crippen LogP contribution is -2.37. The van der Waals surface area contributed by atoms with Crippen molar-refractivity contribution in [2.24, 2.45) is 0 Å². The minimum absolute atomic E-state index is 0.301. The van der Waals surface area contributed by atoms with Gasteiger partial charge in [0.1, 0.15) is 5.60 Å². The molecule has 3 N–H and O–H groups in total. The number of rotatable bonds is 9. The minimum Gasteiger partial charge on any atom is -0.478 e. The molecule has 1 heterocycles. The summed E-state index contributed by atoms with van der Waals surface area (Å²) in [6, 6.07) is 33.2. The molecule has 5 rings (SSSR count). The second-order valence-corrected chi connectivity index (χ2v) is 11.4. The van der Waals surface area contributed by atoms with E-state index in [0.717, 1.165) is 49.4 Å². The molecule has 2 atom stereocenters. The lowest BCUT2D eigenvalue weighted by molar-refractivity contribution is -0.134. The maximum Gasteiger partial charge on any atom is 0.328 e. The van der Waals surface area contributed by atoms with Gasteiger partial charge < -0.3 is 20.2 Å². The Morgan fingerprint density at radius 1 is 0.837 bits per heavy atom. The Bertz CT molecular complexity index is 1730. The van der Waals surface area contributed by atoms with Crippen LogP contribution in [0.4, 0.5) is 0 Å². The van der Waals surface area contributed by atoms with Gasteiger partial charge in [-0.2, -0.15) is 0 Å². The Morgan fingerprint density at radius 2 is 1.49 bits per heavy atom. The van der Waals surface area contributed by atoms with Crippen LogP contribution in [-0.2, 0) is 15.2 Å². The Balaban J connectivity index is 0.000000467. The first kappa shape index (κ1) is 31.6. The molecule has 220 valence electrons. The summed E-state index contributed by atoms with van der Waals surface area (Å²) in [5.74, 6) is -2.81. The van der Waals surface area contributed by atoms with Gasteiger partial charge in [0.25, 0.3) is 0 Å². The lowest BCUT2D eigenvalue weighted by Gasteiger charge is -2.39. The van der Waals surface area contributed by atoms with E-state index in [1.54, 1.807) is 0 Å². The highest BCUT2D eigenvalue weighted by Crippen LogP contribution is 2.46. The lowest BCUT2D eigenvalue weighted by atomic mass is 9.71. The highest BCUT2D eigenvalue weighted by molar-refractivity contribution is 9.10. The SMILES string of the molecule is CN(C)CCC(O)(c1cccc2ccccc12)C(c1ccccc1)c1cnc2ccc(Br)cc2c1.O=C(O)/C=C/C(=O)O. The molecule has 0 aliphatic carbocycles. The number of carbonyl (C=O) groups is 2. The topological polar surface area (TPSA) is 111 Å². The van der Waals surface area contributed by atoms with Crippen LogP contribution in [0.15, 0.2) is 120 Å². The van der Waals surface area contributed by atoms with Crippen LogP contribution in [0, 0.1) is 0 Å². The van der Waals surface area contributed by atoms with E-state index < -0.39 is 17.5 Å². The molecule has 0 aliphatic heterocycles. The summed E-state index contributed by atoms with van der Waals surface area (Å²) in [6.07, 6.45) is 3.62. The third-order valence-electron chi connectivity index (χ3n) is 7.17. The first-order valence-electron chi connectivity index (χ1n) is 13.7. The highest BCUT2D eigenvalue weighted by atomic mass is 79.9. The average molecular weight is 642 g/mol. The Hall–Kier alpha value is -4.37. The molecule has 0 amide bonds. The third kappa shape index (κ3) is 7.93. The van der Waals surface area contributed by atoms with Gasteiger partial charge in [0, 0.05) is 40.7 Å². The van der Waals surface area contributed by atoms with E-state index in [-0.39, 0.29) is 5.92 Å². The predicted octanol–water partition coefficient (Wildman–Crippen LogP) is 6.83. The fourth-order valence-corrected chi connectivity index (χ4v) is 5.62. The van der Waals surface area contributed by atoms with Gasteiger partial charge in [-0.3, -0.25) is 4.98 Å². The smallest absolute Gasteiger partial charge is 0.328 e. The number of aliphatic hydroxyl groups is 1. The number of benzene rings is 4. The van der Waals surface area contributed by atoms with Crippen LogP contribution in [0.1, 0.15) is 29.0 Å². The number of halogens is 1. The third-order valence-corrected chi connectivity index (χ3v) is 7.67. The van der Waals surface area contributed by atoms with Crippen molar-refractivity contribution in [1.82, 2.24) is 9.88 Å². The molecular weight excluding hydrogens is 608 g/mol. The van der Waals surface area contributed by atoms with Gasteiger partial charge in [-0.1, -0.05) is 88.7 Å². The van der Waals surface area contributed by atoms with Crippen molar-refractivity contribution >= 4 is 49.5 Å². The summed E-state index contributed by atoms with van der Waals surface area (Å²) >= 11 is 3.60. The van der Waals surface area contributed by atoms with Crippen LogP contribution < -0.4 is 0 Å². The fourth-order valence-electron chi connectivity index (χ4n) is 5.24. The molecule has 8 heteroatoms. The highest BCUT2D eigenvalue weighted by Gasteiger charge is 2.41. The molecular formula is C35H33BrN2O5. The number of hydrogen-bond acceptors (Lipinski definition) is 5. The van der Waals surface area contributed by atoms with Gasteiger partial charge in [-0.05, 0) is 72.2 Å². The summed E-state index contributed by atoms with van der Waals surface area (Å²) in [4.78, 5) is 26.0. The van der Waals surface area contributed by atoms with Crippen molar-refractivity contribution in [3.8, 4) is 0 Å². The number of carboxylic acid groups (broad SMARTS) is 2. The van der Waals surface area contributed by atoms with E-state index in [9.17, 15) is 14.7 Å². The molecule has 0 aliphatic rings. The standard InChI is InChI=1S/C31H29BrN2O.C4H4O4/c1-34(2)18-17-31(35,28-14-8-12-22-9-6-7-13-27(22)28)30(23-10-4-3-5-11-23)25-19-24-20-26(32)15-16-29(24)33-21-25;5-3(6)1-2-4(7)8/h3-16,19-21,30,35H,17-18H2,1-2H3;1-2H,(H,5,6)(H,7,8)/b;2-1+. The zero-order chi connectivity index (χ0) is 31.0. The normalized spacial score (nSPS) is 13.4. The van der Waals surface area contributed by atoms with Crippen molar-refractivity contribution in [2.75, 3.05) is 20.6 Å². The Labute approximate surface area is 258 Å². The minimum atomic E-state index is -1.26. The second-order valence-electron chi connectivity index (χ2n) is 10.5. The largest absolute Gasteiger partial charge is 0.478 e. The molecule has 5 aromatic rings. The van der Waals surface area contributed by atoms with Crippen LogP contribution in [0.5, 0.6) is 0 Å². The number of hydrogen-bond donors (Lipinski definition) is 3. The first-order valence-corrected chi connectivity index (χ1v) is 14.5. The molecule has 0 spiro atoms. The monoisotopic (exact) mass is 640 g/mol. The van der Waals surface area contributed by atoms with Crippen LogP contribution in [-0.4, -0.2) is 57.8 Å². The Morgan fingerprint density at radius 3 is 2.16 bits per heavy atom. The molecule has 2 unspecified atom stereocenters. The number of carboxylic acids is 2. The molecule has 0 saturated carbocycles. The summed E-state index contributed by atoms with van der Waals surface area (Å²) < 4.78 is 1.01. The van der Waals surface area contributed by atoms with Crippen molar-refractivity contribution < 1.29 is 24.9 Å². The van der Waals surface area contributed by atoms with Crippen molar-refractivity contribution in [3.05, 3.63) is 137 Å². The van der Waals surface area contributed by atoms with Crippen molar-refractivity contribution in [1.29, 1.82) is 0 Å². The Kier molecular flexibility index (Phi) is 10.4. The van der Waals surface area contributed by atoms with Gasteiger partial charge in [0.15, 0.2) is 0 Å². The summed E-state index contributed by atoms with van der Waals surface area (Å²) in [5.41, 5.74) is 2.79. The zero-order valence-corrected chi connectivity index (χ0v) is 25.5. The summed E-state index contributed by atoms with van der Waals surface area (Å²) in [5, 5.41) is 31.7. The molecule has 1 aromatic heterocycles. The predicted molar refractivity (Wildman–Crippen MR) is 173 cm³/mol. The molecule has 4 aromatic carbocycles. The van der Waals surface area contributed by atoms with E-state index in [2.05, 4.69) is 89.5 Å². The van der Waals surface area contributed by atoms with Crippen molar-refractivity contribution in [2.45, 2.75) is 17.9 Å². The van der Waals surface area contributed by atoms with Gasteiger partial charge in [0.2, 0.25) is 0 Å². The molecule has 7 nitrogen and oxygen atoms in total. The van der Waals surface area contributed by atoms with Crippen molar-refractivity contribution in [3.63, 3.8) is 0 Å². The molecule has 0 saturated heterocycles.